The minimum atomic E-state index is -5.36. The van der Waals surface area contributed by atoms with Crippen LogP contribution in [-0.2, 0) is 30.9 Å². The van der Waals surface area contributed by atoms with Gasteiger partial charge in [0.25, 0.3) is 5.91 Å². The number of nitrogens with zero attached hydrogens (tertiary/aromatic N) is 2. The van der Waals surface area contributed by atoms with E-state index in [1.807, 2.05) is 37.3 Å². The van der Waals surface area contributed by atoms with Crippen molar-refractivity contribution in [2.45, 2.75) is 31.0 Å². The van der Waals surface area contributed by atoms with Crippen molar-refractivity contribution in [1.29, 1.82) is 0 Å². The molecule has 2 amide bonds. The number of piperidine rings is 1. The molecular weight excluding hydrogens is 583 g/mol. The lowest BCUT2D eigenvalue weighted by Crippen LogP contribution is -2.50. The molecule has 1 aliphatic heterocycles. The summed E-state index contributed by atoms with van der Waals surface area (Å²) in [6.07, 6.45) is -6.90. The van der Waals surface area contributed by atoms with Gasteiger partial charge in [0.2, 0.25) is 0 Å². The molecule has 42 heavy (non-hydrogen) atoms. The fourth-order valence-corrected chi connectivity index (χ4v) is 6.39. The lowest BCUT2D eigenvalue weighted by atomic mass is 9.86. The molecule has 3 aromatic rings. The van der Waals surface area contributed by atoms with Gasteiger partial charge >= 0.3 is 18.2 Å². The summed E-state index contributed by atoms with van der Waals surface area (Å²) in [6, 6.07) is 15.0. The second-order valence-corrected chi connectivity index (χ2v) is 11.8. The average Bonchev–Trinajstić information content (AvgIpc) is 2.93. The Hall–Kier alpha value is -4.40. The van der Waals surface area contributed by atoms with Crippen molar-refractivity contribution in [2.75, 3.05) is 18.8 Å². The Kier molecular flexibility index (Phi) is 8.89. The largest absolute Gasteiger partial charge is 0.493 e. The van der Waals surface area contributed by atoms with Crippen molar-refractivity contribution >= 4 is 38.7 Å². The number of hydroxylamine groups is 1. The Labute approximate surface area is 238 Å². The SMILES string of the molecule is Cc1cc(COc2ccc(S(=O)(=O)C[C@@H]3CN(C(=O)O)CC[C@@H]3C(=O)NOC(=O)C(F)(F)F)cc2)c2ccccc2n1. The zero-order valence-electron chi connectivity index (χ0n) is 22.1. The number of aryl methyl sites for hydroxylation is 1. The van der Waals surface area contributed by atoms with Crippen LogP contribution < -0.4 is 10.2 Å². The summed E-state index contributed by atoms with van der Waals surface area (Å²) in [5.74, 6) is -6.50. The van der Waals surface area contributed by atoms with Crippen molar-refractivity contribution in [3.63, 3.8) is 0 Å². The minimum absolute atomic E-state index is 0.129. The average molecular weight is 610 g/mol. The van der Waals surface area contributed by atoms with E-state index >= 15 is 0 Å². The van der Waals surface area contributed by atoms with E-state index in [-0.39, 0.29) is 31.0 Å². The first-order valence-corrected chi connectivity index (χ1v) is 14.3. The van der Waals surface area contributed by atoms with E-state index in [2.05, 4.69) is 9.82 Å². The van der Waals surface area contributed by atoms with Crippen LogP contribution >= 0.6 is 0 Å². The molecule has 2 heterocycles. The van der Waals surface area contributed by atoms with Gasteiger partial charge in [-0.3, -0.25) is 9.78 Å². The maximum Gasteiger partial charge on any atom is 0.493 e. The molecule has 11 nitrogen and oxygen atoms in total. The Morgan fingerprint density at radius 2 is 1.81 bits per heavy atom. The van der Waals surface area contributed by atoms with Crippen LogP contribution in [0.2, 0.25) is 0 Å². The van der Waals surface area contributed by atoms with Crippen LogP contribution in [0.3, 0.4) is 0 Å². The topological polar surface area (TPSA) is 152 Å². The molecular formula is C27H26F3N3O8S. The molecule has 4 rings (SSSR count). The van der Waals surface area contributed by atoms with Gasteiger partial charge in [0.15, 0.2) is 9.84 Å². The smallest absolute Gasteiger partial charge is 0.489 e. The fraction of sp³-hybridized carbons (Fsp3) is 0.333. The molecule has 0 unspecified atom stereocenters. The van der Waals surface area contributed by atoms with Crippen molar-refractivity contribution in [1.82, 2.24) is 15.4 Å². The molecule has 0 bridgehead atoms. The third-order valence-electron chi connectivity index (χ3n) is 6.76. The molecule has 0 radical (unpaired) electrons. The molecule has 1 aliphatic rings. The Balaban J connectivity index is 1.46. The summed E-state index contributed by atoms with van der Waals surface area (Å²) in [4.78, 5) is 44.1. The third kappa shape index (κ3) is 7.26. The number of carboxylic acid groups (broad SMARTS) is 1. The van der Waals surface area contributed by atoms with Gasteiger partial charge in [-0.25, -0.2) is 18.0 Å². The summed E-state index contributed by atoms with van der Waals surface area (Å²) < 4.78 is 69.6. The Bertz CT molecular complexity index is 1600. The van der Waals surface area contributed by atoms with E-state index < -0.39 is 51.6 Å². The number of nitrogens with one attached hydrogen (secondary N) is 1. The number of amides is 2. The standard InChI is InChI=1S/C27H26F3N3O8S/c1-16-12-17(21-4-2-3-5-23(21)31-16)14-40-19-6-8-20(9-7-19)42(38,39)15-18-13-33(26(36)37)11-10-22(18)24(34)32-41-25(35)27(28,29)30/h2-9,12,18,22H,10-11,13-15H2,1H3,(H,32,34)(H,36,37)/t18-,22-/m0/s1. The quantitative estimate of drug-likeness (QED) is 0.383. The number of para-hydroxylation sites is 1. The normalized spacial score (nSPS) is 17.5. The summed E-state index contributed by atoms with van der Waals surface area (Å²) in [5, 5.41) is 10.3. The van der Waals surface area contributed by atoms with Crippen molar-refractivity contribution in [3.8, 4) is 5.75 Å². The second kappa shape index (κ2) is 12.2. The van der Waals surface area contributed by atoms with Crippen molar-refractivity contribution < 1.29 is 50.7 Å². The highest BCUT2D eigenvalue weighted by Gasteiger charge is 2.43. The molecule has 1 aromatic heterocycles. The molecule has 2 aromatic carbocycles. The highest BCUT2D eigenvalue weighted by atomic mass is 32.2. The van der Waals surface area contributed by atoms with Crippen molar-refractivity contribution in [3.05, 3.63) is 65.9 Å². The number of ether oxygens (including phenoxy) is 1. The predicted molar refractivity (Wildman–Crippen MR) is 141 cm³/mol. The number of likely N-dealkylation sites (tertiary alicyclic amines) is 1. The van der Waals surface area contributed by atoms with Gasteiger partial charge in [-0.2, -0.15) is 18.7 Å². The summed E-state index contributed by atoms with van der Waals surface area (Å²) >= 11 is 0. The maximum absolute atomic E-state index is 13.2. The molecule has 2 N–H and O–H groups in total. The summed E-state index contributed by atoms with van der Waals surface area (Å²) in [7, 11) is -4.10. The predicted octanol–water partition coefficient (Wildman–Crippen LogP) is 3.65. The first-order chi connectivity index (χ1) is 19.7. The second-order valence-electron chi connectivity index (χ2n) is 9.72. The number of aromatic nitrogens is 1. The zero-order valence-corrected chi connectivity index (χ0v) is 22.9. The number of carbonyl (C=O) groups excluding carboxylic acids is 2. The van der Waals surface area contributed by atoms with E-state index in [1.54, 1.807) is 0 Å². The summed E-state index contributed by atoms with van der Waals surface area (Å²) in [5.41, 5.74) is 3.93. The molecule has 224 valence electrons. The molecule has 0 saturated carbocycles. The number of rotatable bonds is 7. The highest BCUT2D eigenvalue weighted by Crippen LogP contribution is 2.29. The number of carbonyl (C=O) groups is 3. The Morgan fingerprint density at radius 3 is 2.48 bits per heavy atom. The first kappa shape index (κ1) is 30.6. The molecule has 1 fully saturated rings. The van der Waals surface area contributed by atoms with Gasteiger partial charge in [-0.05, 0) is 49.7 Å². The van der Waals surface area contributed by atoms with Crippen LogP contribution in [0.25, 0.3) is 10.9 Å². The van der Waals surface area contributed by atoms with E-state index in [0.29, 0.717) is 5.75 Å². The molecule has 0 spiro atoms. The number of halogens is 3. The molecule has 1 saturated heterocycles. The maximum atomic E-state index is 13.2. The van der Waals surface area contributed by atoms with E-state index in [9.17, 15) is 41.1 Å². The fourth-order valence-electron chi connectivity index (χ4n) is 4.75. The van der Waals surface area contributed by atoms with E-state index in [0.717, 1.165) is 27.1 Å². The van der Waals surface area contributed by atoms with Crippen molar-refractivity contribution in [2.24, 2.45) is 11.8 Å². The van der Waals surface area contributed by atoms with Gasteiger partial charge in [0.1, 0.15) is 12.4 Å². The van der Waals surface area contributed by atoms with Crippen LogP contribution in [0, 0.1) is 18.8 Å². The van der Waals surface area contributed by atoms with Gasteiger partial charge in [-0.15, -0.1) is 0 Å². The van der Waals surface area contributed by atoms with Gasteiger partial charge in [0, 0.05) is 41.6 Å². The number of hydrogen-bond donors (Lipinski definition) is 2. The molecule has 15 heteroatoms. The van der Waals surface area contributed by atoms with E-state index in [1.165, 1.54) is 29.7 Å². The third-order valence-corrected chi connectivity index (χ3v) is 8.62. The number of hydrogen-bond acceptors (Lipinski definition) is 8. The first-order valence-electron chi connectivity index (χ1n) is 12.6. The Morgan fingerprint density at radius 1 is 1.12 bits per heavy atom. The van der Waals surface area contributed by atoms with Gasteiger partial charge < -0.3 is 19.6 Å². The lowest BCUT2D eigenvalue weighted by molar-refractivity contribution is -0.208. The van der Waals surface area contributed by atoms with Crippen LogP contribution in [-0.4, -0.2) is 66.4 Å². The van der Waals surface area contributed by atoms with E-state index in [4.69, 9.17) is 4.74 Å². The molecule has 2 atom stereocenters. The highest BCUT2D eigenvalue weighted by molar-refractivity contribution is 7.91. The minimum Gasteiger partial charge on any atom is -0.489 e. The van der Waals surface area contributed by atoms with Gasteiger partial charge in [-0.1, -0.05) is 18.2 Å². The van der Waals surface area contributed by atoms with Crippen LogP contribution in [0.15, 0.2) is 59.5 Å². The van der Waals surface area contributed by atoms with Gasteiger partial charge in [0.05, 0.1) is 16.2 Å². The number of fused-ring (bicyclic) bond motifs is 1. The van der Waals surface area contributed by atoms with Crippen LogP contribution in [0.5, 0.6) is 5.75 Å². The monoisotopic (exact) mass is 609 g/mol. The van der Waals surface area contributed by atoms with Crippen LogP contribution in [0.1, 0.15) is 17.7 Å². The number of benzene rings is 2. The summed E-state index contributed by atoms with van der Waals surface area (Å²) in [6.45, 7) is 1.51. The molecule has 0 aliphatic carbocycles. The number of sulfone groups is 1. The zero-order chi connectivity index (χ0) is 30.7. The number of alkyl halides is 3. The van der Waals surface area contributed by atoms with Crippen LogP contribution in [0.4, 0.5) is 18.0 Å². The number of pyridine rings is 1. The lowest BCUT2D eigenvalue weighted by Gasteiger charge is -2.36.